The predicted octanol–water partition coefficient (Wildman–Crippen LogP) is 1.50. The van der Waals surface area contributed by atoms with E-state index in [1.807, 2.05) is 19.1 Å². The molecule has 0 unspecified atom stereocenters. The summed E-state index contributed by atoms with van der Waals surface area (Å²) in [5.41, 5.74) is 0.497. The van der Waals surface area contributed by atoms with Crippen LogP contribution in [-0.4, -0.2) is 23.5 Å². The number of likely N-dealkylation sites (N-methyl/N-ethyl adjacent to an activating group) is 1. The summed E-state index contributed by atoms with van der Waals surface area (Å²) in [6, 6.07) is 6.92. The first-order valence-corrected chi connectivity index (χ1v) is 4.96. The third-order valence-corrected chi connectivity index (χ3v) is 2.82. The van der Waals surface area contributed by atoms with Crippen LogP contribution in [0.5, 0.6) is 5.75 Å². The molecule has 0 saturated carbocycles. The Labute approximate surface area is 90.1 Å². The molecule has 0 amide bonds. The van der Waals surface area contributed by atoms with Gasteiger partial charge in [-0.1, -0.05) is 12.1 Å². The standard InChI is InChI=1S/C12H17NO2/c1-9(14)12(2,13-3)8-10-4-6-11(15)7-5-10/h4-7,13,15H,8H2,1-3H3/t12-/m1/s1. The lowest BCUT2D eigenvalue weighted by Crippen LogP contribution is -2.48. The zero-order valence-electron chi connectivity index (χ0n) is 9.37. The van der Waals surface area contributed by atoms with Crippen molar-refractivity contribution >= 4 is 5.78 Å². The van der Waals surface area contributed by atoms with Gasteiger partial charge >= 0.3 is 0 Å². The Bertz CT molecular complexity index is 345. The highest BCUT2D eigenvalue weighted by atomic mass is 16.3. The van der Waals surface area contributed by atoms with Crippen molar-refractivity contribution in [1.82, 2.24) is 5.32 Å². The second kappa shape index (κ2) is 4.45. The van der Waals surface area contributed by atoms with E-state index in [9.17, 15) is 4.79 Å². The predicted molar refractivity (Wildman–Crippen MR) is 60.0 cm³/mol. The molecule has 0 aromatic heterocycles. The number of aromatic hydroxyl groups is 1. The van der Waals surface area contributed by atoms with Crippen LogP contribution in [0.25, 0.3) is 0 Å². The zero-order chi connectivity index (χ0) is 11.5. The number of rotatable bonds is 4. The fraction of sp³-hybridized carbons (Fsp3) is 0.417. The van der Waals surface area contributed by atoms with E-state index >= 15 is 0 Å². The van der Waals surface area contributed by atoms with Crippen LogP contribution in [0.15, 0.2) is 24.3 Å². The normalized spacial score (nSPS) is 14.6. The Morgan fingerprint density at radius 2 is 1.93 bits per heavy atom. The van der Waals surface area contributed by atoms with E-state index in [1.54, 1.807) is 26.1 Å². The SMILES string of the molecule is CN[C@](C)(Cc1ccc(O)cc1)C(C)=O. The average Bonchev–Trinajstić information content (AvgIpc) is 2.21. The largest absolute Gasteiger partial charge is 0.508 e. The maximum atomic E-state index is 11.5. The third kappa shape index (κ3) is 2.80. The Balaban J connectivity index is 2.84. The highest BCUT2D eigenvalue weighted by Crippen LogP contribution is 2.16. The molecule has 15 heavy (non-hydrogen) atoms. The van der Waals surface area contributed by atoms with E-state index in [2.05, 4.69) is 5.32 Å². The highest BCUT2D eigenvalue weighted by Gasteiger charge is 2.27. The number of hydrogen-bond acceptors (Lipinski definition) is 3. The van der Waals surface area contributed by atoms with Gasteiger partial charge in [-0.25, -0.2) is 0 Å². The molecule has 1 atom stereocenters. The zero-order valence-corrected chi connectivity index (χ0v) is 9.37. The van der Waals surface area contributed by atoms with Crippen molar-refractivity contribution in [2.75, 3.05) is 7.05 Å². The van der Waals surface area contributed by atoms with Crippen LogP contribution in [0.2, 0.25) is 0 Å². The molecule has 0 spiro atoms. The highest BCUT2D eigenvalue weighted by molar-refractivity contribution is 5.85. The number of benzene rings is 1. The number of phenolic OH excluding ortho intramolecular Hbond substituents is 1. The number of Topliss-reactive ketones (excluding diaryl/α,β-unsaturated/α-hetero) is 1. The van der Waals surface area contributed by atoms with Crippen molar-refractivity contribution in [3.63, 3.8) is 0 Å². The van der Waals surface area contributed by atoms with E-state index in [4.69, 9.17) is 5.11 Å². The lowest BCUT2D eigenvalue weighted by atomic mass is 9.89. The number of phenols is 1. The molecule has 0 aliphatic rings. The smallest absolute Gasteiger partial charge is 0.149 e. The maximum Gasteiger partial charge on any atom is 0.149 e. The van der Waals surface area contributed by atoms with Crippen molar-refractivity contribution in [1.29, 1.82) is 0 Å². The molecule has 3 nitrogen and oxygen atoms in total. The van der Waals surface area contributed by atoms with Crippen LogP contribution >= 0.6 is 0 Å². The van der Waals surface area contributed by atoms with Crippen LogP contribution in [0.1, 0.15) is 19.4 Å². The van der Waals surface area contributed by atoms with Gasteiger partial charge in [0.25, 0.3) is 0 Å². The van der Waals surface area contributed by atoms with Crippen molar-refractivity contribution in [3.05, 3.63) is 29.8 Å². The van der Waals surface area contributed by atoms with E-state index in [0.29, 0.717) is 6.42 Å². The van der Waals surface area contributed by atoms with Gasteiger partial charge in [0.1, 0.15) is 11.5 Å². The maximum absolute atomic E-state index is 11.5. The van der Waals surface area contributed by atoms with Crippen LogP contribution in [-0.2, 0) is 11.2 Å². The summed E-state index contributed by atoms with van der Waals surface area (Å²) in [5, 5.41) is 12.2. The molecule has 0 aliphatic carbocycles. The summed E-state index contributed by atoms with van der Waals surface area (Å²) in [4.78, 5) is 11.5. The van der Waals surface area contributed by atoms with E-state index in [-0.39, 0.29) is 11.5 Å². The Morgan fingerprint density at radius 3 is 2.33 bits per heavy atom. The molecule has 1 aromatic carbocycles. The second-order valence-corrected chi connectivity index (χ2v) is 3.98. The molecule has 3 heteroatoms. The molecule has 2 N–H and O–H groups in total. The van der Waals surface area contributed by atoms with Gasteiger partial charge < -0.3 is 10.4 Å². The van der Waals surface area contributed by atoms with Crippen LogP contribution in [0, 0.1) is 0 Å². The van der Waals surface area contributed by atoms with E-state index < -0.39 is 5.54 Å². The minimum atomic E-state index is -0.531. The third-order valence-electron chi connectivity index (χ3n) is 2.82. The molecule has 0 heterocycles. The number of carbonyl (C=O) groups excluding carboxylic acids is 1. The molecule has 0 saturated heterocycles. The molecule has 0 bridgehead atoms. The summed E-state index contributed by atoms with van der Waals surface area (Å²) in [5.74, 6) is 0.353. The summed E-state index contributed by atoms with van der Waals surface area (Å²) < 4.78 is 0. The fourth-order valence-electron chi connectivity index (χ4n) is 1.41. The molecule has 0 aliphatic heterocycles. The quantitative estimate of drug-likeness (QED) is 0.786. The minimum Gasteiger partial charge on any atom is -0.508 e. The van der Waals surface area contributed by atoms with Crippen molar-refractivity contribution in [3.8, 4) is 5.75 Å². The first kappa shape index (κ1) is 11.7. The number of ketones is 1. The number of carbonyl (C=O) groups is 1. The molecular weight excluding hydrogens is 190 g/mol. The number of hydrogen-bond donors (Lipinski definition) is 2. The minimum absolute atomic E-state index is 0.109. The average molecular weight is 207 g/mol. The van der Waals surface area contributed by atoms with Gasteiger partial charge in [0, 0.05) is 0 Å². The van der Waals surface area contributed by atoms with Gasteiger partial charge in [0.05, 0.1) is 5.54 Å². The van der Waals surface area contributed by atoms with E-state index in [1.165, 1.54) is 0 Å². The Hall–Kier alpha value is -1.35. The molecule has 82 valence electrons. The summed E-state index contributed by atoms with van der Waals surface area (Å²) in [7, 11) is 1.78. The van der Waals surface area contributed by atoms with Crippen LogP contribution in [0.3, 0.4) is 0 Å². The first-order valence-electron chi connectivity index (χ1n) is 4.96. The van der Waals surface area contributed by atoms with Gasteiger partial charge in [0.15, 0.2) is 0 Å². The van der Waals surface area contributed by atoms with Crippen LogP contribution < -0.4 is 5.32 Å². The van der Waals surface area contributed by atoms with Gasteiger partial charge in [-0.05, 0) is 45.0 Å². The topological polar surface area (TPSA) is 49.3 Å². The van der Waals surface area contributed by atoms with Gasteiger partial charge in [-0.15, -0.1) is 0 Å². The first-order chi connectivity index (χ1) is 6.98. The van der Waals surface area contributed by atoms with Gasteiger partial charge in [-0.3, -0.25) is 4.79 Å². The van der Waals surface area contributed by atoms with Crippen molar-refractivity contribution < 1.29 is 9.90 Å². The molecule has 1 aromatic rings. The van der Waals surface area contributed by atoms with E-state index in [0.717, 1.165) is 5.56 Å². The summed E-state index contributed by atoms with van der Waals surface area (Å²) in [6.07, 6.45) is 0.624. The molecular formula is C12H17NO2. The Kier molecular flexibility index (Phi) is 3.48. The van der Waals surface area contributed by atoms with Crippen molar-refractivity contribution in [2.24, 2.45) is 0 Å². The van der Waals surface area contributed by atoms with Gasteiger partial charge in [0.2, 0.25) is 0 Å². The molecule has 0 fully saturated rings. The Morgan fingerprint density at radius 1 is 1.40 bits per heavy atom. The lowest BCUT2D eigenvalue weighted by molar-refractivity contribution is -0.122. The van der Waals surface area contributed by atoms with Crippen molar-refractivity contribution in [2.45, 2.75) is 25.8 Å². The fourth-order valence-corrected chi connectivity index (χ4v) is 1.41. The summed E-state index contributed by atoms with van der Waals surface area (Å²) >= 11 is 0. The second-order valence-electron chi connectivity index (χ2n) is 3.98. The lowest BCUT2D eigenvalue weighted by Gasteiger charge is -2.26. The summed E-state index contributed by atoms with van der Waals surface area (Å²) in [6.45, 7) is 3.46. The molecule has 0 radical (unpaired) electrons. The van der Waals surface area contributed by atoms with Crippen LogP contribution in [0.4, 0.5) is 0 Å². The monoisotopic (exact) mass is 207 g/mol. The number of nitrogens with one attached hydrogen (secondary N) is 1. The molecule has 1 rings (SSSR count). The van der Waals surface area contributed by atoms with Gasteiger partial charge in [-0.2, -0.15) is 0 Å².